The number of allylic oxidation sites excluding steroid dienone is 9. The summed E-state index contributed by atoms with van der Waals surface area (Å²) < 4.78 is 6.07. The molecular weight excluding hydrogens is 319 g/mol. The van der Waals surface area contributed by atoms with E-state index in [9.17, 15) is 0 Å². The third-order valence-corrected chi connectivity index (χ3v) is 9.75. The zero-order chi connectivity index (χ0) is 12.1. The maximum absolute atomic E-state index is 2.60. The Balaban J connectivity index is 0.00000162. The fraction of sp³-hybridized carbons (Fsp3) is 0.375. The molecule has 0 radical (unpaired) electrons. The Bertz CT molecular complexity index is 381. The van der Waals surface area contributed by atoms with Crippen molar-refractivity contribution >= 4 is 0 Å². The van der Waals surface area contributed by atoms with Crippen LogP contribution in [-0.2, 0) is 21.8 Å². The van der Waals surface area contributed by atoms with Gasteiger partial charge in [-0.05, 0) is 0 Å². The second kappa shape index (κ2) is 8.13. The van der Waals surface area contributed by atoms with Crippen LogP contribution in [0.25, 0.3) is 0 Å². The van der Waals surface area contributed by atoms with E-state index in [1.165, 1.54) is 19.3 Å². The summed E-state index contributed by atoms with van der Waals surface area (Å²) in [5.41, 5.74) is 0. The molecule has 2 heteroatoms. The molecule has 0 spiro atoms. The largest absolute Gasteiger partial charge is 1.00 e. The Morgan fingerprint density at radius 2 is 1.67 bits per heavy atom. The van der Waals surface area contributed by atoms with Gasteiger partial charge in [-0.15, -0.1) is 0 Å². The van der Waals surface area contributed by atoms with Gasteiger partial charge in [0, 0.05) is 0 Å². The fourth-order valence-corrected chi connectivity index (χ4v) is 8.17. The first-order chi connectivity index (χ1) is 8.27. The predicted octanol–water partition coefficient (Wildman–Crippen LogP) is 1.86. The summed E-state index contributed by atoms with van der Waals surface area (Å²) in [5.74, 6) is 0.780. The molecule has 0 fully saturated rings. The van der Waals surface area contributed by atoms with E-state index in [2.05, 4.69) is 60.2 Å². The molecule has 2 aliphatic carbocycles. The van der Waals surface area contributed by atoms with E-state index in [1.807, 2.05) is 0 Å². The molecule has 0 atom stereocenters. The van der Waals surface area contributed by atoms with Crippen LogP contribution in [0.4, 0.5) is 0 Å². The molecule has 18 heavy (non-hydrogen) atoms. The van der Waals surface area contributed by atoms with E-state index in [0.717, 1.165) is 5.92 Å². The van der Waals surface area contributed by atoms with E-state index in [0.29, 0.717) is 0 Å². The first-order valence-electron chi connectivity index (χ1n) is 6.53. The van der Waals surface area contributed by atoms with Gasteiger partial charge in [-0.2, -0.15) is 0 Å². The van der Waals surface area contributed by atoms with E-state index >= 15 is 0 Å². The Morgan fingerprint density at radius 1 is 1.11 bits per heavy atom. The molecule has 0 bridgehead atoms. The van der Waals surface area contributed by atoms with Crippen molar-refractivity contribution in [3.05, 3.63) is 52.9 Å². The Labute approximate surface area is 125 Å². The summed E-state index contributed by atoms with van der Waals surface area (Å²) in [5, 5.41) is 0. The van der Waals surface area contributed by atoms with Crippen LogP contribution < -0.4 is 12.4 Å². The third kappa shape index (κ3) is 4.52. The average molecular weight is 340 g/mol. The molecule has 0 N–H and O–H groups in total. The van der Waals surface area contributed by atoms with Gasteiger partial charge >= 0.3 is 114 Å². The van der Waals surface area contributed by atoms with Crippen LogP contribution in [0.5, 0.6) is 0 Å². The Hall–Kier alpha value is -0.127. The van der Waals surface area contributed by atoms with Gasteiger partial charge in [-0.3, -0.25) is 0 Å². The number of hydrogen-bond acceptors (Lipinski definition) is 0. The minimum Gasteiger partial charge on any atom is -1.00 e. The first-order valence-corrected chi connectivity index (χ1v) is 10.4. The van der Waals surface area contributed by atoms with Gasteiger partial charge in [0.25, 0.3) is 0 Å². The van der Waals surface area contributed by atoms with Gasteiger partial charge in [-0.25, -0.2) is 0 Å². The summed E-state index contributed by atoms with van der Waals surface area (Å²) >= 11 is -1.61. The van der Waals surface area contributed by atoms with Gasteiger partial charge in [0.2, 0.25) is 0 Å². The van der Waals surface area contributed by atoms with Crippen molar-refractivity contribution in [3.8, 4) is 0 Å². The minimum absolute atomic E-state index is 0. The predicted molar refractivity (Wildman–Crippen MR) is 72.3 cm³/mol. The number of halogens is 1. The summed E-state index contributed by atoms with van der Waals surface area (Å²) in [6, 6.07) is 0. The maximum atomic E-state index is 2.60. The molecule has 0 aromatic rings. The average Bonchev–Trinajstić information content (AvgIpc) is 2.97. The molecule has 0 saturated carbocycles. The van der Waals surface area contributed by atoms with Gasteiger partial charge in [-0.1, -0.05) is 0 Å². The van der Waals surface area contributed by atoms with Crippen LogP contribution in [0, 0.1) is 5.92 Å². The standard InChI is InChI=1S/C6H11.2C5H5.ClH.Zr/c1-4-5-6(2)3;2*1-2-4-5-3-1;;/h1,4,6H,5H2,2-3H3;2*1-3H,4H2;1H;/q;;;;+1/p-1. The van der Waals surface area contributed by atoms with Crippen LogP contribution >= 0.6 is 0 Å². The van der Waals surface area contributed by atoms with Crippen LogP contribution in [-0.4, -0.2) is 0 Å². The van der Waals surface area contributed by atoms with Crippen molar-refractivity contribution in [2.45, 2.75) is 33.1 Å². The zero-order valence-corrected chi connectivity index (χ0v) is 14.4. The molecular formula is C16H21ClZr. The van der Waals surface area contributed by atoms with Crippen LogP contribution in [0.15, 0.2) is 52.9 Å². The van der Waals surface area contributed by atoms with Crippen LogP contribution in [0.3, 0.4) is 0 Å². The van der Waals surface area contributed by atoms with E-state index < -0.39 is 21.8 Å². The molecule has 2 aliphatic rings. The van der Waals surface area contributed by atoms with Crippen LogP contribution in [0.2, 0.25) is 0 Å². The van der Waals surface area contributed by atoms with Gasteiger partial charge in [0.1, 0.15) is 0 Å². The molecule has 0 aliphatic heterocycles. The Morgan fingerprint density at radius 3 is 2.06 bits per heavy atom. The van der Waals surface area contributed by atoms with Crippen molar-refractivity contribution in [1.29, 1.82) is 0 Å². The number of hydrogen-bond donors (Lipinski definition) is 0. The second-order valence-corrected chi connectivity index (χ2v) is 11.1. The quantitative estimate of drug-likeness (QED) is 0.717. The molecule has 0 amide bonds. The summed E-state index contributed by atoms with van der Waals surface area (Å²) in [7, 11) is 0. The van der Waals surface area contributed by atoms with Crippen molar-refractivity contribution in [1.82, 2.24) is 0 Å². The molecule has 96 valence electrons. The van der Waals surface area contributed by atoms with Gasteiger partial charge < -0.3 is 12.4 Å². The van der Waals surface area contributed by atoms with Gasteiger partial charge in [0.15, 0.2) is 0 Å². The monoisotopic (exact) mass is 338 g/mol. The molecule has 0 aromatic carbocycles. The number of rotatable bonds is 5. The van der Waals surface area contributed by atoms with Gasteiger partial charge in [0.05, 0.1) is 0 Å². The first kappa shape index (κ1) is 15.9. The smallest absolute Gasteiger partial charge is 1.00 e. The van der Waals surface area contributed by atoms with Crippen molar-refractivity contribution in [2.24, 2.45) is 5.92 Å². The zero-order valence-electron chi connectivity index (χ0n) is 11.2. The second-order valence-electron chi connectivity index (χ2n) is 5.09. The SMILES string of the molecule is CC(C)CC=[CH][Zr+]([C]1=CC=CC1)[C]1=CC=CC1.[Cl-]. The maximum Gasteiger partial charge on any atom is -1.00 e. The Kier molecular flexibility index (Phi) is 7.19. The third-order valence-electron chi connectivity index (χ3n) is 3.13. The molecule has 0 nitrogen and oxygen atoms in total. The molecule has 0 saturated heterocycles. The van der Waals surface area contributed by atoms with Crippen molar-refractivity contribution in [2.75, 3.05) is 0 Å². The fourth-order valence-electron chi connectivity index (χ4n) is 2.17. The molecule has 0 heterocycles. The normalized spacial score (nSPS) is 17.3. The molecule has 0 aromatic heterocycles. The topological polar surface area (TPSA) is 0 Å². The molecule has 2 rings (SSSR count). The summed E-state index contributed by atoms with van der Waals surface area (Å²) in [4.78, 5) is 0. The van der Waals surface area contributed by atoms with Crippen molar-refractivity contribution < 1.29 is 34.2 Å². The van der Waals surface area contributed by atoms with E-state index in [1.54, 1.807) is 6.56 Å². The summed E-state index contributed by atoms with van der Waals surface area (Å²) in [6.07, 6.45) is 19.9. The molecule has 0 unspecified atom stereocenters. The van der Waals surface area contributed by atoms with Crippen molar-refractivity contribution in [3.63, 3.8) is 0 Å². The van der Waals surface area contributed by atoms with Crippen LogP contribution in [0.1, 0.15) is 33.1 Å². The minimum atomic E-state index is -1.61. The summed E-state index contributed by atoms with van der Waals surface area (Å²) in [6.45, 7) is 4.58. The van der Waals surface area contributed by atoms with E-state index in [-0.39, 0.29) is 12.4 Å². The van der Waals surface area contributed by atoms with E-state index in [4.69, 9.17) is 0 Å².